The largest absolute Gasteiger partial charge is 0.313 e. The maximum Gasteiger partial charge on any atom is 0.0705 e. The first-order chi connectivity index (χ1) is 9.79. The Morgan fingerprint density at radius 3 is 2.60 bits per heavy atom. The van der Waals surface area contributed by atoms with Crippen molar-refractivity contribution < 1.29 is 0 Å². The Labute approximate surface area is 121 Å². The molecule has 1 fully saturated rings. The van der Waals surface area contributed by atoms with E-state index in [0.29, 0.717) is 6.04 Å². The average molecular weight is 268 g/mol. The molecule has 0 bridgehead atoms. The highest BCUT2D eigenvalue weighted by molar-refractivity contribution is 5.82. The predicted molar refractivity (Wildman–Crippen MR) is 84.7 cm³/mol. The van der Waals surface area contributed by atoms with E-state index in [-0.39, 0.29) is 0 Å². The molecule has 2 aromatic rings. The Hall–Kier alpha value is -1.41. The maximum absolute atomic E-state index is 4.49. The van der Waals surface area contributed by atoms with Crippen LogP contribution in [-0.2, 0) is 0 Å². The number of rotatable bonds is 3. The van der Waals surface area contributed by atoms with Crippen molar-refractivity contribution in [2.24, 2.45) is 11.8 Å². The normalized spacial score (nSPS) is 24.7. The molecule has 0 amide bonds. The molecule has 0 aliphatic heterocycles. The minimum Gasteiger partial charge on any atom is -0.313 e. The third-order valence-corrected chi connectivity index (χ3v) is 4.86. The summed E-state index contributed by atoms with van der Waals surface area (Å²) in [5, 5.41) is 4.87. The lowest BCUT2D eigenvalue weighted by molar-refractivity contribution is 0.239. The summed E-state index contributed by atoms with van der Waals surface area (Å²) < 4.78 is 0. The van der Waals surface area contributed by atoms with E-state index in [9.17, 15) is 0 Å². The summed E-state index contributed by atoms with van der Waals surface area (Å²) in [4.78, 5) is 4.49. The summed E-state index contributed by atoms with van der Waals surface area (Å²) in [6.07, 6.45) is 7.36. The van der Waals surface area contributed by atoms with Gasteiger partial charge in [0, 0.05) is 17.6 Å². The molecular formula is C18H24N2. The van der Waals surface area contributed by atoms with Crippen LogP contribution in [0.1, 0.15) is 44.2 Å². The van der Waals surface area contributed by atoms with Crippen molar-refractivity contribution in [1.82, 2.24) is 10.3 Å². The fourth-order valence-electron chi connectivity index (χ4n) is 3.65. The minimum absolute atomic E-state index is 0.454. The number of para-hydroxylation sites is 1. The summed E-state index contributed by atoms with van der Waals surface area (Å²) in [5.41, 5.74) is 2.52. The molecule has 1 atom stereocenters. The number of hydrogen-bond acceptors (Lipinski definition) is 2. The number of benzene rings is 1. The van der Waals surface area contributed by atoms with Gasteiger partial charge in [-0.05, 0) is 49.4 Å². The van der Waals surface area contributed by atoms with Crippen molar-refractivity contribution in [3.8, 4) is 0 Å². The summed E-state index contributed by atoms with van der Waals surface area (Å²) in [5.74, 6) is 1.65. The van der Waals surface area contributed by atoms with Gasteiger partial charge in [0.15, 0.2) is 0 Å². The molecule has 2 heteroatoms. The van der Waals surface area contributed by atoms with Crippen LogP contribution in [0.3, 0.4) is 0 Å². The van der Waals surface area contributed by atoms with E-state index in [2.05, 4.69) is 54.6 Å². The quantitative estimate of drug-likeness (QED) is 0.896. The molecule has 1 aliphatic rings. The monoisotopic (exact) mass is 268 g/mol. The summed E-state index contributed by atoms with van der Waals surface area (Å²) in [6, 6.07) is 11.1. The molecule has 2 nitrogen and oxygen atoms in total. The molecule has 1 aromatic heterocycles. The highest BCUT2D eigenvalue weighted by Crippen LogP contribution is 2.38. The zero-order valence-electron chi connectivity index (χ0n) is 12.5. The minimum atomic E-state index is 0.454. The van der Waals surface area contributed by atoms with Crippen molar-refractivity contribution in [2.75, 3.05) is 7.05 Å². The van der Waals surface area contributed by atoms with E-state index in [4.69, 9.17) is 0 Å². The van der Waals surface area contributed by atoms with Crippen molar-refractivity contribution in [1.29, 1.82) is 0 Å². The first-order valence-corrected chi connectivity index (χ1v) is 7.80. The SMILES string of the molecule is CNC(c1ccnc2ccccc12)C1CCC(C)CC1. The molecule has 1 N–H and O–H groups in total. The van der Waals surface area contributed by atoms with E-state index >= 15 is 0 Å². The molecule has 106 valence electrons. The van der Waals surface area contributed by atoms with Crippen LogP contribution in [0.4, 0.5) is 0 Å². The highest BCUT2D eigenvalue weighted by Gasteiger charge is 2.27. The zero-order valence-corrected chi connectivity index (χ0v) is 12.5. The number of nitrogens with one attached hydrogen (secondary N) is 1. The topological polar surface area (TPSA) is 24.9 Å². The lowest BCUT2D eigenvalue weighted by Crippen LogP contribution is -2.28. The Bertz CT molecular complexity index is 565. The van der Waals surface area contributed by atoms with Crippen LogP contribution < -0.4 is 5.32 Å². The van der Waals surface area contributed by atoms with Crippen LogP contribution in [0.2, 0.25) is 0 Å². The van der Waals surface area contributed by atoms with Gasteiger partial charge in [0.05, 0.1) is 5.52 Å². The van der Waals surface area contributed by atoms with Crippen molar-refractivity contribution in [3.05, 3.63) is 42.1 Å². The Morgan fingerprint density at radius 2 is 1.85 bits per heavy atom. The van der Waals surface area contributed by atoms with E-state index in [1.807, 2.05) is 6.20 Å². The van der Waals surface area contributed by atoms with Crippen molar-refractivity contribution in [2.45, 2.75) is 38.6 Å². The lowest BCUT2D eigenvalue weighted by Gasteiger charge is -2.33. The number of aromatic nitrogens is 1. The molecule has 1 aliphatic carbocycles. The standard InChI is InChI=1S/C18H24N2/c1-13-7-9-14(10-8-13)18(19-2)16-11-12-20-17-6-4-3-5-15(16)17/h3-6,11-14,18-19H,7-10H2,1-2H3. The fraction of sp³-hybridized carbons (Fsp3) is 0.500. The van der Waals surface area contributed by atoms with Gasteiger partial charge in [0.25, 0.3) is 0 Å². The first kappa shape index (κ1) is 13.6. The van der Waals surface area contributed by atoms with E-state index in [1.54, 1.807) is 0 Å². The summed E-state index contributed by atoms with van der Waals surface area (Å²) >= 11 is 0. The Kier molecular flexibility index (Phi) is 4.02. The molecule has 1 heterocycles. The smallest absolute Gasteiger partial charge is 0.0705 e. The van der Waals surface area contributed by atoms with E-state index in [1.165, 1.54) is 36.6 Å². The second-order valence-electron chi connectivity index (χ2n) is 6.20. The van der Waals surface area contributed by atoms with Gasteiger partial charge in [-0.15, -0.1) is 0 Å². The van der Waals surface area contributed by atoms with Gasteiger partial charge in [-0.3, -0.25) is 4.98 Å². The van der Waals surface area contributed by atoms with Crippen LogP contribution in [0.5, 0.6) is 0 Å². The zero-order chi connectivity index (χ0) is 13.9. The summed E-state index contributed by atoms with van der Waals surface area (Å²) in [6.45, 7) is 2.38. The Morgan fingerprint density at radius 1 is 1.10 bits per heavy atom. The van der Waals surface area contributed by atoms with Gasteiger partial charge < -0.3 is 5.32 Å². The first-order valence-electron chi connectivity index (χ1n) is 7.80. The van der Waals surface area contributed by atoms with Crippen LogP contribution >= 0.6 is 0 Å². The molecule has 0 radical (unpaired) electrons. The van der Waals surface area contributed by atoms with E-state index in [0.717, 1.165) is 17.4 Å². The highest BCUT2D eigenvalue weighted by atomic mass is 14.9. The lowest BCUT2D eigenvalue weighted by atomic mass is 9.77. The third kappa shape index (κ3) is 2.57. The average Bonchev–Trinajstić information content (AvgIpc) is 2.50. The predicted octanol–water partition coefficient (Wildman–Crippen LogP) is 4.32. The number of pyridine rings is 1. The Balaban J connectivity index is 1.95. The molecular weight excluding hydrogens is 244 g/mol. The second kappa shape index (κ2) is 5.92. The van der Waals surface area contributed by atoms with Gasteiger partial charge in [-0.25, -0.2) is 0 Å². The van der Waals surface area contributed by atoms with Crippen LogP contribution in [0, 0.1) is 11.8 Å². The van der Waals surface area contributed by atoms with Crippen LogP contribution in [-0.4, -0.2) is 12.0 Å². The van der Waals surface area contributed by atoms with E-state index < -0.39 is 0 Å². The van der Waals surface area contributed by atoms with Gasteiger partial charge in [0.2, 0.25) is 0 Å². The fourth-order valence-corrected chi connectivity index (χ4v) is 3.65. The number of nitrogens with zero attached hydrogens (tertiary/aromatic N) is 1. The van der Waals surface area contributed by atoms with Gasteiger partial charge in [-0.1, -0.05) is 38.0 Å². The van der Waals surface area contributed by atoms with Crippen molar-refractivity contribution in [3.63, 3.8) is 0 Å². The second-order valence-corrected chi connectivity index (χ2v) is 6.20. The van der Waals surface area contributed by atoms with Gasteiger partial charge >= 0.3 is 0 Å². The molecule has 0 saturated heterocycles. The summed E-state index contributed by atoms with van der Waals surface area (Å²) in [7, 11) is 2.10. The molecule has 1 saturated carbocycles. The van der Waals surface area contributed by atoms with Gasteiger partial charge in [-0.2, -0.15) is 0 Å². The molecule has 1 unspecified atom stereocenters. The van der Waals surface area contributed by atoms with Gasteiger partial charge in [0.1, 0.15) is 0 Å². The van der Waals surface area contributed by atoms with Crippen molar-refractivity contribution >= 4 is 10.9 Å². The number of fused-ring (bicyclic) bond motifs is 1. The third-order valence-electron chi connectivity index (χ3n) is 4.86. The molecule has 1 aromatic carbocycles. The maximum atomic E-state index is 4.49. The molecule has 0 spiro atoms. The van der Waals surface area contributed by atoms with Crippen LogP contribution in [0.25, 0.3) is 10.9 Å². The molecule has 20 heavy (non-hydrogen) atoms. The number of hydrogen-bond donors (Lipinski definition) is 1. The van der Waals surface area contributed by atoms with Crippen LogP contribution in [0.15, 0.2) is 36.5 Å². The molecule has 3 rings (SSSR count).